The van der Waals surface area contributed by atoms with Crippen LogP contribution in [-0.4, -0.2) is 23.6 Å². The van der Waals surface area contributed by atoms with E-state index in [1.165, 1.54) is 18.2 Å². The van der Waals surface area contributed by atoms with Crippen molar-refractivity contribution < 1.29 is 18.7 Å². The summed E-state index contributed by atoms with van der Waals surface area (Å²) in [7, 11) is 0. The molecule has 0 unspecified atom stereocenters. The molecule has 0 aromatic heterocycles. The Morgan fingerprint density at radius 2 is 1.79 bits per heavy atom. The number of anilines is 1. The van der Waals surface area contributed by atoms with E-state index in [1.54, 1.807) is 37.3 Å². The Kier molecular flexibility index (Phi) is 5.97. The van der Waals surface area contributed by atoms with E-state index in [0.717, 1.165) is 0 Å². The normalized spacial score (nSPS) is 9.92. The van der Waals surface area contributed by atoms with E-state index in [4.69, 9.17) is 17.0 Å². The topological polar surface area (TPSA) is 67.4 Å². The van der Waals surface area contributed by atoms with Crippen LogP contribution >= 0.6 is 12.2 Å². The highest BCUT2D eigenvalue weighted by Crippen LogP contribution is 2.11. The van der Waals surface area contributed by atoms with Gasteiger partial charge in [-0.1, -0.05) is 12.1 Å². The maximum absolute atomic E-state index is 13.5. The molecule has 0 aliphatic carbocycles. The molecule has 0 aliphatic heterocycles. The molecule has 0 fully saturated rings. The fourth-order valence-corrected chi connectivity index (χ4v) is 2.09. The zero-order valence-electron chi connectivity index (χ0n) is 12.8. The number of benzene rings is 2. The summed E-state index contributed by atoms with van der Waals surface area (Å²) in [6.07, 6.45) is 0. The molecule has 0 saturated carbocycles. The highest BCUT2D eigenvalue weighted by atomic mass is 32.1. The Morgan fingerprint density at radius 1 is 1.12 bits per heavy atom. The van der Waals surface area contributed by atoms with E-state index in [1.807, 2.05) is 0 Å². The van der Waals surface area contributed by atoms with Crippen molar-refractivity contribution in [2.45, 2.75) is 6.92 Å². The molecule has 0 radical (unpaired) electrons. The highest BCUT2D eigenvalue weighted by Gasteiger charge is 2.12. The van der Waals surface area contributed by atoms with Gasteiger partial charge in [-0.15, -0.1) is 0 Å². The zero-order valence-corrected chi connectivity index (χ0v) is 13.7. The van der Waals surface area contributed by atoms with Crippen molar-refractivity contribution in [3.63, 3.8) is 0 Å². The predicted octanol–water partition coefficient (Wildman–Crippen LogP) is 3.13. The molecule has 0 bridgehead atoms. The van der Waals surface area contributed by atoms with Crippen LogP contribution in [0.5, 0.6) is 0 Å². The second kappa shape index (κ2) is 8.16. The summed E-state index contributed by atoms with van der Waals surface area (Å²) in [5.74, 6) is -1.69. The molecule has 7 heteroatoms. The van der Waals surface area contributed by atoms with Gasteiger partial charge in [-0.05, 0) is 55.5 Å². The molecule has 124 valence electrons. The van der Waals surface area contributed by atoms with E-state index in [2.05, 4.69) is 10.6 Å². The summed E-state index contributed by atoms with van der Waals surface area (Å²) in [6, 6.07) is 12.0. The van der Waals surface area contributed by atoms with Crippen molar-refractivity contribution in [3.05, 3.63) is 65.5 Å². The minimum absolute atomic E-state index is 0.0205. The highest BCUT2D eigenvalue weighted by molar-refractivity contribution is 7.80. The molecule has 1 amide bonds. The van der Waals surface area contributed by atoms with Gasteiger partial charge in [0.05, 0.1) is 17.7 Å². The van der Waals surface area contributed by atoms with Gasteiger partial charge in [-0.25, -0.2) is 9.18 Å². The molecular formula is C17H15FN2O3S. The first-order valence-electron chi connectivity index (χ1n) is 7.15. The lowest BCUT2D eigenvalue weighted by Crippen LogP contribution is -2.34. The standard InChI is InChI=1S/C17H15FN2O3S/c1-2-23-16(22)11-7-9-12(10-8-11)19-17(24)20-15(21)13-5-3-4-6-14(13)18/h3-10H,2H2,1H3,(H2,19,20,21,24). The van der Waals surface area contributed by atoms with E-state index < -0.39 is 17.7 Å². The van der Waals surface area contributed by atoms with Crippen molar-refractivity contribution >= 4 is 34.9 Å². The van der Waals surface area contributed by atoms with Crippen LogP contribution in [0.4, 0.5) is 10.1 Å². The Hall–Kier alpha value is -2.80. The number of esters is 1. The number of carbonyl (C=O) groups excluding carboxylic acids is 2. The van der Waals surface area contributed by atoms with Crippen molar-refractivity contribution in [2.75, 3.05) is 11.9 Å². The van der Waals surface area contributed by atoms with Crippen LogP contribution in [0, 0.1) is 5.82 Å². The smallest absolute Gasteiger partial charge is 0.338 e. The lowest BCUT2D eigenvalue weighted by molar-refractivity contribution is 0.0526. The first-order chi connectivity index (χ1) is 11.5. The molecule has 5 nitrogen and oxygen atoms in total. The summed E-state index contributed by atoms with van der Waals surface area (Å²) in [5, 5.41) is 5.20. The van der Waals surface area contributed by atoms with Crippen LogP contribution in [0.1, 0.15) is 27.6 Å². The van der Waals surface area contributed by atoms with Crippen molar-refractivity contribution in [3.8, 4) is 0 Å². The summed E-state index contributed by atoms with van der Waals surface area (Å²) in [5.41, 5.74) is 0.880. The number of carbonyl (C=O) groups is 2. The Bertz CT molecular complexity index is 763. The van der Waals surface area contributed by atoms with Gasteiger partial charge in [0, 0.05) is 5.69 Å². The minimum Gasteiger partial charge on any atom is -0.462 e. The molecule has 2 N–H and O–H groups in total. The zero-order chi connectivity index (χ0) is 17.5. The quantitative estimate of drug-likeness (QED) is 0.658. The van der Waals surface area contributed by atoms with Gasteiger partial charge in [-0.2, -0.15) is 0 Å². The van der Waals surface area contributed by atoms with Crippen LogP contribution in [0.15, 0.2) is 48.5 Å². The number of thiocarbonyl (C=S) groups is 1. The van der Waals surface area contributed by atoms with Crippen molar-refractivity contribution in [1.82, 2.24) is 5.32 Å². The molecule has 2 aromatic rings. The maximum Gasteiger partial charge on any atom is 0.338 e. The molecule has 0 atom stereocenters. The van der Waals surface area contributed by atoms with Crippen LogP contribution in [0.3, 0.4) is 0 Å². The number of rotatable bonds is 4. The minimum atomic E-state index is -0.645. The third kappa shape index (κ3) is 4.60. The summed E-state index contributed by atoms with van der Waals surface area (Å²) in [6.45, 7) is 2.02. The largest absolute Gasteiger partial charge is 0.462 e. The van der Waals surface area contributed by atoms with E-state index in [0.29, 0.717) is 17.9 Å². The van der Waals surface area contributed by atoms with Crippen LogP contribution in [0.25, 0.3) is 0 Å². The number of ether oxygens (including phenoxy) is 1. The molecule has 0 aliphatic rings. The van der Waals surface area contributed by atoms with Crippen LogP contribution in [0.2, 0.25) is 0 Å². The molecule has 2 aromatic carbocycles. The van der Waals surface area contributed by atoms with Crippen LogP contribution in [-0.2, 0) is 4.74 Å². The second-order valence-electron chi connectivity index (χ2n) is 4.69. The van der Waals surface area contributed by atoms with Gasteiger partial charge in [0.2, 0.25) is 0 Å². The number of amides is 1. The summed E-state index contributed by atoms with van der Waals surface area (Å²) < 4.78 is 18.4. The van der Waals surface area contributed by atoms with Gasteiger partial charge >= 0.3 is 5.97 Å². The lowest BCUT2D eigenvalue weighted by atomic mass is 10.2. The third-order valence-corrected chi connectivity index (χ3v) is 3.20. The van der Waals surface area contributed by atoms with Crippen LogP contribution < -0.4 is 10.6 Å². The van der Waals surface area contributed by atoms with Crippen molar-refractivity contribution in [2.24, 2.45) is 0 Å². The van der Waals surface area contributed by atoms with Gasteiger partial charge in [0.25, 0.3) is 5.91 Å². The fourth-order valence-electron chi connectivity index (χ4n) is 1.88. The Labute approximate surface area is 143 Å². The monoisotopic (exact) mass is 346 g/mol. The first-order valence-corrected chi connectivity index (χ1v) is 7.56. The van der Waals surface area contributed by atoms with Gasteiger partial charge in [0.1, 0.15) is 5.82 Å². The molecule has 0 spiro atoms. The fraction of sp³-hybridized carbons (Fsp3) is 0.118. The van der Waals surface area contributed by atoms with Crippen molar-refractivity contribution in [1.29, 1.82) is 0 Å². The average molecular weight is 346 g/mol. The number of hydrogen-bond donors (Lipinski definition) is 2. The lowest BCUT2D eigenvalue weighted by Gasteiger charge is -2.10. The Morgan fingerprint density at radius 3 is 2.42 bits per heavy atom. The third-order valence-electron chi connectivity index (χ3n) is 3.00. The van der Waals surface area contributed by atoms with Gasteiger partial charge < -0.3 is 10.1 Å². The van der Waals surface area contributed by atoms with E-state index >= 15 is 0 Å². The number of hydrogen-bond acceptors (Lipinski definition) is 4. The summed E-state index contributed by atoms with van der Waals surface area (Å²) >= 11 is 5.02. The molecule has 2 rings (SSSR count). The van der Waals surface area contributed by atoms with E-state index in [-0.39, 0.29) is 10.7 Å². The Balaban J connectivity index is 1.96. The van der Waals surface area contributed by atoms with E-state index in [9.17, 15) is 14.0 Å². The molecular weight excluding hydrogens is 331 g/mol. The number of nitrogens with one attached hydrogen (secondary N) is 2. The first kappa shape index (κ1) is 17.6. The average Bonchev–Trinajstić information content (AvgIpc) is 2.56. The molecule has 0 saturated heterocycles. The second-order valence-corrected chi connectivity index (χ2v) is 5.09. The molecule has 0 heterocycles. The van der Waals surface area contributed by atoms with Gasteiger partial charge in [0.15, 0.2) is 5.11 Å². The van der Waals surface area contributed by atoms with Gasteiger partial charge in [-0.3, -0.25) is 10.1 Å². The number of halogens is 1. The SMILES string of the molecule is CCOC(=O)c1ccc(NC(=S)NC(=O)c2ccccc2F)cc1. The molecule has 24 heavy (non-hydrogen) atoms. The summed E-state index contributed by atoms with van der Waals surface area (Å²) in [4.78, 5) is 23.5. The predicted molar refractivity (Wildman–Crippen MR) is 92.5 cm³/mol. The maximum atomic E-state index is 13.5.